The van der Waals surface area contributed by atoms with E-state index in [1.54, 1.807) is 7.11 Å². The van der Waals surface area contributed by atoms with E-state index in [0.717, 1.165) is 51.4 Å². The van der Waals surface area contributed by atoms with E-state index in [9.17, 15) is 4.79 Å². The normalized spacial score (nSPS) is 15.7. The minimum absolute atomic E-state index is 0.0430. The molecule has 1 aromatic rings. The summed E-state index contributed by atoms with van der Waals surface area (Å²) in [4.78, 5) is 14.3. The fourth-order valence-electron chi connectivity index (χ4n) is 2.41. The van der Waals surface area contributed by atoms with Crippen LogP contribution in [-0.4, -0.2) is 50.8 Å². The van der Waals surface area contributed by atoms with Crippen LogP contribution in [0.5, 0.6) is 5.75 Å². The minimum atomic E-state index is 0.0430. The standard InChI is InChI=1S/C16H24N2O3/c1-20-15-7-3-2-6-14(15)17-16(19)8-4-5-9-18-10-12-21-13-11-18/h2-3,6-7H,4-5,8-13H2,1H3,(H,17,19). The number of methoxy groups -OCH3 is 1. The highest BCUT2D eigenvalue weighted by molar-refractivity contribution is 5.92. The first-order chi connectivity index (χ1) is 10.3. The summed E-state index contributed by atoms with van der Waals surface area (Å²) in [6.45, 7) is 4.72. The molecule has 5 heteroatoms. The first-order valence-corrected chi connectivity index (χ1v) is 7.52. The van der Waals surface area contributed by atoms with Gasteiger partial charge >= 0.3 is 0 Å². The van der Waals surface area contributed by atoms with Gasteiger partial charge in [-0.25, -0.2) is 0 Å². The molecule has 0 unspecified atom stereocenters. The Hall–Kier alpha value is -1.59. The molecule has 1 aliphatic heterocycles. The van der Waals surface area contributed by atoms with Crippen LogP contribution in [0.3, 0.4) is 0 Å². The molecule has 1 N–H and O–H groups in total. The van der Waals surface area contributed by atoms with Crippen molar-refractivity contribution in [1.82, 2.24) is 4.90 Å². The van der Waals surface area contributed by atoms with E-state index in [0.29, 0.717) is 12.2 Å². The van der Waals surface area contributed by atoms with Crippen molar-refractivity contribution >= 4 is 11.6 Å². The Morgan fingerprint density at radius 3 is 2.81 bits per heavy atom. The number of nitrogens with one attached hydrogen (secondary N) is 1. The zero-order valence-corrected chi connectivity index (χ0v) is 12.6. The maximum atomic E-state index is 11.9. The summed E-state index contributed by atoms with van der Waals surface area (Å²) in [5, 5.41) is 2.90. The van der Waals surface area contributed by atoms with Gasteiger partial charge in [-0.3, -0.25) is 9.69 Å². The fraction of sp³-hybridized carbons (Fsp3) is 0.562. The Labute approximate surface area is 126 Å². The van der Waals surface area contributed by atoms with Crippen LogP contribution < -0.4 is 10.1 Å². The van der Waals surface area contributed by atoms with Crippen LogP contribution in [0.25, 0.3) is 0 Å². The Kier molecular flexibility index (Phi) is 6.50. The Bertz CT molecular complexity index is 445. The molecule has 1 saturated heterocycles. The van der Waals surface area contributed by atoms with Crippen molar-refractivity contribution < 1.29 is 14.3 Å². The van der Waals surface area contributed by atoms with E-state index >= 15 is 0 Å². The van der Waals surface area contributed by atoms with Crippen molar-refractivity contribution in [1.29, 1.82) is 0 Å². The van der Waals surface area contributed by atoms with Gasteiger partial charge in [-0.15, -0.1) is 0 Å². The molecule has 0 radical (unpaired) electrons. The molecule has 0 aliphatic carbocycles. The molecule has 1 aromatic carbocycles. The predicted octanol–water partition coefficient (Wildman–Crippen LogP) is 2.14. The van der Waals surface area contributed by atoms with Crippen LogP contribution in [0.15, 0.2) is 24.3 Å². The van der Waals surface area contributed by atoms with E-state index in [-0.39, 0.29) is 5.91 Å². The first kappa shape index (κ1) is 15.8. The number of anilines is 1. The highest BCUT2D eigenvalue weighted by atomic mass is 16.5. The van der Waals surface area contributed by atoms with Crippen molar-refractivity contribution in [3.8, 4) is 5.75 Å². The van der Waals surface area contributed by atoms with Crippen molar-refractivity contribution in [3.05, 3.63) is 24.3 Å². The topological polar surface area (TPSA) is 50.8 Å². The molecule has 116 valence electrons. The van der Waals surface area contributed by atoms with Crippen LogP contribution in [-0.2, 0) is 9.53 Å². The maximum Gasteiger partial charge on any atom is 0.224 e. The Balaban J connectivity index is 1.65. The van der Waals surface area contributed by atoms with E-state index in [1.165, 1.54) is 0 Å². The minimum Gasteiger partial charge on any atom is -0.495 e. The molecule has 1 heterocycles. The molecule has 21 heavy (non-hydrogen) atoms. The lowest BCUT2D eigenvalue weighted by atomic mass is 10.2. The van der Waals surface area contributed by atoms with E-state index < -0.39 is 0 Å². The van der Waals surface area contributed by atoms with Gasteiger partial charge in [-0.05, 0) is 31.5 Å². The quantitative estimate of drug-likeness (QED) is 0.782. The largest absolute Gasteiger partial charge is 0.495 e. The van der Waals surface area contributed by atoms with Gasteiger partial charge in [0.25, 0.3) is 0 Å². The van der Waals surface area contributed by atoms with Gasteiger partial charge in [0.05, 0.1) is 26.0 Å². The van der Waals surface area contributed by atoms with Gasteiger partial charge in [-0.1, -0.05) is 12.1 Å². The summed E-state index contributed by atoms with van der Waals surface area (Å²) in [6.07, 6.45) is 2.49. The van der Waals surface area contributed by atoms with Crippen molar-refractivity contribution in [2.75, 3.05) is 45.3 Å². The van der Waals surface area contributed by atoms with Crippen LogP contribution in [0.1, 0.15) is 19.3 Å². The average Bonchev–Trinajstić information content (AvgIpc) is 2.53. The highest BCUT2D eigenvalue weighted by Crippen LogP contribution is 2.23. The summed E-state index contributed by atoms with van der Waals surface area (Å²) in [6, 6.07) is 7.46. The van der Waals surface area contributed by atoms with Gasteiger partial charge in [0.1, 0.15) is 5.75 Å². The number of benzene rings is 1. The molecule has 1 aliphatic rings. The fourth-order valence-corrected chi connectivity index (χ4v) is 2.41. The molecule has 0 atom stereocenters. The number of carbonyl (C=O) groups excluding carboxylic acids is 1. The zero-order chi connectivity index (χ0) is 14.9. The second-order valence-electron chi connectivity index (χ2n) is 5.16. The number of ether oxygens (including phenoxy) is 2. The SMILES string of the molecule is COc1ccccc1NC(=O)CCCCN1CCOCC1. The summed E-state index contributed by atoms with van der Waals surface area (Å²) in [5.74, 6) is 0.737. The van der Waals surface area contributed by atoms with Gasteiger partial charge in [-0.2, -0.15) is 0 Å². The van der Waals surface area contributed by atoms with Crippen molar-refractivity contribution in [2.24, 2.45) is 0 Å². The average molecular weight is 292 g/mol. The summed E-state index contributed by atoms with van der Waals surface area (Å²) in [7, 11) is 1.60. The molecule has 0 spiro atoms. The molecular formula is C16H24N2O3. The van der Waals surface area contributed by atoms with E-state index in [1.807, 2.05) is 24.3 Å². The predicted molar refractivity (Wildman–Crippen MR) is 82.7 cm³/mol. The smallest absolute Gasteiger partial charge is 0.224 e. The number of para-hydroxylation sites is 2. The van der Waals surface area contributed by atoms with Crippen LogP contribution >= 0.6 is 0 Å². The molecule has 0 aromatic heterocycles. The second kappa shape index (κ2) is 8.64. The van der Waals surface area contributed by atoms with E-state index in [4.69, 9.17) is 9.47 Å². The van der Waals surface area contributed by atoms with Crippen LogP contribution in [0.2, 0.25) is 0 Å². The van der Waals surface area contributed by atoms with Crippen LogP contribution in [0.4, 0.5) is 5.69 Å². The lowest BCUT2D eigenvalue weighted by molar-refractivity contribution is -0.116. The summed E-state index contributed by atoms with van der Waals surface area (Å²) < 4.78 is 10.5. The third kappa shape index (κ3) is 5.36. The third-order valence-electron chi connectivity index (χ3n) is 3.61. The zero-order valence-electron chi connectivity index (χ0n) is 12.6. The molecule has 0 saturated carbocycles. The van der Waals surface area contributed by atoms with E-state index in [2.05, 4.69) is 10.2 Å². The number of nitrogens with zero attached hydrogens (tertiary/aromatic N) is 1. The summed E-state index contributed by atoms with van der Waals surface area (Å²) in [5.41, 5.74) is 0.734. The monoisotopic (exact) mass is 292 g/mol. The molecule has 1 amide bonds. The van der Waals surface area contributed by atoms with Gasteiger partial charge in [0.2, 0.25) is 5.91 Å². The maximum absolute atomic E-state index is 11.9. The molecule has 1 fully saturated rings. The Morgan fingerprint density at radius 2 is 2.05 bits per heavy atom. The number of hydrogen-bond acceptors (Lipinski definition) is 4. The van der Waals surface area contributed by atoms with Crippen molar-refractivity contribution in [2.45, 2.75) is 19.3 Å². The lowest BCUT2D eigenvalue weighted by Gasteiger charge is -2.26. The number of morpholine rings is 1. The number of rotatable bonds is 7. The first-order valence-electron chi connectivity index (χ1n) is 7.52. The second-order valence-corrected chi connectivity index (χ2v) is 5.16. The van der Waals surface area contributed by atoms with Crippen molar-refractivity contribution in [3.63, 3.8) is 0 Å². The molecular weight excluding hydrogens is 268 g/mol. The number of carbonyl (C=O) groups is 1. The number of amides is 1. The number of hydrogen-bond donors (Lipinski definition) is 1. The van der Waals surface area contributed by atoms with Gasteiger partial charge in [0, 0.05) is 19.5 Å². The van der Waals surface area contributed by atoms with Gasteiger partial charge < -0.3 is 14.8 Å². The number of unbranched alkanes of at least 4 members (excludes halogenated alkanes) is 1. The highest BCUT2D eigenvalue weighted by Gasteiger charge is 2.10. The van der Waals surface area contributed by atoms with Gasteiger partial charge in [0.15, 0.2) is 0 Å². The van der Waals surface area contributed by atoms with Crippen LogP contribution in [0, 0.1) is 0 Å². The molecule has 5 nitrogen and oxygen atoms in total. The molecule has 2 rings (SSSR count). The molecule has 0 bridgehead atoms. The third-order valence-corrected chi connectivity index (χ3v) is 3.61. The Morgan fingerprint density at radius 1 is 1.29 bits per heavy atom. The summed E-state index contributed by atoms with van der Waals surface area (Å²) >= 11 is 0. The lowest BCUT2D eigenvalue weighted by Crippen LogP contribution is -2.36.